The minimum atomic E-state index is 0.155. The molecule has 1 heterocycles. The second-order valence-electron chi connectivity index (χ2n) is 4.30. The lowest BCUT2D eigenvalue weighted by atomic mass is 10.0. The fourth-order valence-corrected chi connectivity index (χ4v) is 1.60. The van der Waals surface area contributed by atoms with Gasteiger partial charge >= 0.3 is 0 Å². The van der Waals surface area contributed by atoms with Gasteiger partial charge in [0.25, 0.3) is 0 Å². The van der Waals surface area contributed by atoms with Crippen LogP contribution in [0.15, 0.2) is 12.1 Å². The van der Waals surface area contributed by atoms with Crippen molar-refractivity contribution >= 4 is 11.5 Å². The average molecular weight is 239 g/mol. The predicted octanol–water partition coefficient (Wildman–Crippen LogP) is 1.49. The first-order valence-electron chi connectivity index (χ1n) is 5.76. The van der Waals surface area contributed by atoms with Crippen molar-refractivity contribution in [1.82, 2.24) is 4.98 Å². The average Bonchev–Trinajstić information content (AvgIpc) is 2.30. The second-order valence-corrected chi connectivity index (χ2v) is 4.30. The van der Waals surface area contributed by atoms with Crippen LogP contribution in [0.5, 0.6) is 5.88 Å². The van der Waals surface area contributed by atoms with E-state index in [9.17, 15) is 0 Å². The lowest BCUT2D eigenvalue weighted by Gasteiger charge is -2.22. The minimum absolute atomic E-state index is 0.155. The summed E-state index contributed by atoms with van der Waals surface area (Å²) in [7, 11) is 1.54. The highest BCUT2D eigenvalue weighted by molar-refractivity contribution is 5.53. The number of nitrogens with two attached hydrogens (primary N) is 1. The van der Waals surface area contributed by atoms with Crippen molar-refractivity contribution < 1.29 is 9.84 Å². The normalized spacial score (nSPS) is 12.5. The Kier molecular flexibility index (Phi) is 5.03. The second kappa shape index (κ2) is 6.30. The Morgan fingerprint density at radius 3 is 2.71 bits per heavy atom. The van der Waals surface area contributed by atoms with E-state index in [2.05, 4.69) is 24.1 Å². The molecule has 1 rings (SSSR count). The molecule has 17 heavy (non-hydrogen) atoms. The molecule has 0 aliphatic heterocycles. The van der Waals surface area contributed by atoms with Gasteiger partial charge < -0.3 is 20.9 Å². The molecule has 4 N–H and O–H groups in total. The summed E-state index contributed by atoms with van der Waals surface area (Å²) in [6, 6.07) is 3.75. The van der Waals surface area contributed by atoms with Crippen molar-refractivity contribution in [1.29, 1.82) is 0 Å². The summed E-state index contributed by atoms with van der Waals surface area (Å²) in [5, 5.41) is 12.3. The molecule has 0 aromatic carbocycles. The van der Waals surface area contributed by atoms with E-state index in [1.54, 1.807) is 6.07 Å². The van der Waals surface area contributed by atoms with Crippen LogP contribution in [-0.4, -0.2) is 29.8 Å². The van der Waals surface area contributed by atoms with Gasteiger partial charge in [-0.15, -0.1) is 0 Å². The monoisotopic (exact) mass is 239 g/mol. The zero-order chi connectivity index (χ0) is 12.8. The standard InChI is InChI=1S/C12H21N3O2/c1-8(2)10(6-7-16)14-11-5-4-9(13)12(15-11)17-3/h4-5,8,10,16H,6-7,13H2,1-3H3,(H,14,15). The number of aliphatic hydroxyl groups is 1. The molecule has 0 saturated heterocycles. The topological polar surface area (TPSA) is 80.4 Å². The van der Waals surface area contributed by atoms with Gasteiger partial charge in [0.15, 0.2) is 0 Å². The SMILES string of the molecule is COc1nc(NC(CCO)C(C)C)ccc1N. The van der Waals surface area contributed by atoms with E-state index >= 15 is 0 Å². The smallest absolute Gasteiger partial charge is 0.238 e. The van der Waals surface area contributed by atoms with E-state index in [-0.39, 0.29) is 12.6 Å². The highest BCUT2D eigenvalue weighted by Gasteiger charge is 2.13. The van der Waals surface area contributed by atoms with Crippen LogP contribution in [0.3, 0.4) is 0 Å². The minimum Gasteiger partial charge on any atom is -0.479 e. The molecular formula is C12H21N3O2. The molecule has 1 unspecified atom stereocenters. The van der Waals surface area contributed by atoms with Gasteiger partial charge in [0.2, 0.25) is 5.88 Å². The Hall–Kier alpha value is -1.49. The maximum atomic E-state index is 9.00. The Labute approximate surface area is 102 Å². The Morgan fingerprint density at radius 2 is 2.18 bits per heavy atom. The van der Waals surface area contributed by atoms with E-state index in [1.165, 1.54) is 7.11 Å². The number of nitrogens with zero attached hydrogens (tertiary/aromatic N) is 1. The molecule has 5 nitrogen and oxygen atoms in total. The van der Waals surface area contributed by atoms with Crippen molar-refractivity contribution in [2.24, 2.45) is 5.92 Å². The van der Waals surface area contributed by atoms with E-state index in [4.69, 9.17) is 15.6 Å². The Balaban J connectivity index is 2.78. The van der Waals surface area contributed by atoms with Gasteiger partial charge in [0.1, 0.15) is 5.82 Å². The number of methoxy groups -OCH3 is 1. The van der Waals surface area contributed by atoms with Crippen molar-refractivity contribution in [2.75, 3.05) is 24.8 Å². The van der Waals surface area contributed by atoms with Crippen LogP contribution in [0.2, 0.25) is 0 Å². The van der Waals surface area contributed by atoms with Crippen LogP contribution in [0.4, 0.5) is 11.5 Å². The summed E-state index contributed by atoms with van der Waals surface area (Å²) in [6.07, 6.45) is 0.687. The number of hydrogen-bond acceptors (Lipinski definition) is 5. The number of hydrogen-bond donors (Lipinski definition) is 3. The number of aromatic nitrogens is 1. The van der Waals surface area contributed by atoms with Crippen molar-refractivity contribution in [3.8, 4) is 5.88 Å². The molecule has 0 aliphatic rings. The van der Waals surface area contributed by atoms with Gasteiger partial charge in [-0.1, -0.05) is 13.8 Å². The highest BCUT2D eigenvalue weighted by atomic mass is 16.5. The summed E-state index contributed by atoms with van der Waals surface area (Å²) in [6.45, 7) is 4.35. The summed E-state index contributed by atoms with van der Waals surface area (Å²) in [5.74, 6) is 1.54. The van der Waals surface area contributed by atoms with Crippen molar-refractivity contribution in [3.05, 3.63) is 12.1 Å². The van der Waals surface area contributed by atoms with Crippen LogP contribution >= 0.6 is 0 Å². The molecular weight excluding hydrogens is 218 g/mol. The number of ether oxygens (including phenoxy) is 1. The number of nitrogen functional groups attached to an aromatic ring is 1. The largest absolute Gasteiger partial charge is 0.479 e. The molecule has 0 fully saturated rings. The highest BCUT2D eigenvalue weighted by Crippen LogP contribution is 2.22. The third-order valence-corrected chi connectivity index (χ3v) is 2.66. The first-order valence-corrected chi connectivity index (χ1v) is 5.76. The van der Waals surface area contributed by atoms with Gasteiger partial charge in [-0.25, -0.2) is 0 Å². The molecule has 0 aliphatic carbocycles. The number of nitrogens with one attached hydrogen (secondary N) is 1. The molecule has 0 radical (unpaired) electrons. The quantitative estimate of drug-likeness (QED) is 0.701. The lowest BCUT2D eigenvalue weighted by molar-refractivity contribution is 0.267. The third-order valence-electron chi connectivity index (χ3n) is 2.66. The number of anilines is 2. The molecule has 1 atom stereocenters. The maximum absolute atomic E-state index is 9.00. The van der Waals surface area contributed by atoms with Crippen LogP contribution in [-0.2, 0) is 0 Å². The molecule has 96 valence electrons. The fraction of sp³-hybridized carbons (Fsp3) is 0.583. The van der Waals surface area contributed by atoms with E-state index in [0.717, 1.165) is 0 Å². The summed E-state index contributed by atoms with van der Waals surface area (Å²) >= 11 is 0. The van der Waals surface area contributed by atoms with Crippen molar-refractivity contribution in [3.63, 3.8) is 0 Å². The number of aliphatic hydroxyl groups excluding tert-OH is 1. The zero-order valence-electron chi connectivity index (χ0n) is 10.6. The lowest BCUT2D eigenvalue weighted by Crippen LogP contribution is -2.27. The van der Waals surface area contributed by atoms with E-state index in [0.29, 0.717) is 29.7 Å². The van der Waals surface area contributed by atoms with Crippen LogP contribution in [0.25, 0.3) is 0 Å². The molecule has 0 spiro atoms. The van der Waals surface area contributed by atoms with Gasteiger partial charge in [-0.2, -0.15) is 4.98 Å². The molecule has 1 aromatic rings. The third kappa shape index (κ3) is 3.78. The molecule has 1 aromatic heterocycles. The summed E-state index contributed by atoms with van der Waals surface area (Å²) in [4.78, 5) is 4.26. The van der Waals surface area contributed by atoms with Gasteiger partial charge in [-0.05, 0) is 24.5 Å². The maximum Gasteiger partial charge on any atom is 0.238 e. The number of rotatable bonds is 6. The molecule has 0 bridgehead atoms. The van der Waals surface area contributed by atoms with Gasteiger partial charge in [0, 0.05) is 12.6 Å². The van der Waals surface area contributed by atoms with Gasteiger partial charge in [0.05, 0.1) is 12.8 Å². The Bertz CT molecular complexity index is 356. The van der Waals surface area contributed by atoms with Crippen molar-refractivity contribution in [2.45, 2.75) is 26.3 Å². The zero-order valence-corrected chi connectivity index (χ0v) is 10.6. The summed E-state index contributed by atoms with van der Waals surface area (Å²) in [5.41, 5.74) is 6.21. The summed E-state index contributed by atoms with van der Waals surface area (Å²) < 4.78 is 5.06. The van der Waals surface area contributed by atoms with Crippen LogP contribution in [0, 0.1) is 5.92 Å². The van der Waals surface area contributed by atoms with E-state index in [1.807, 2.05) is 6.07 Å². The Morgan fingerprint density at radius 1 is 1.47 bits per heavy atom. The van der Waals surface area contributed by atoms with Crippen LogP contribution in [0.1, 0.15) is 20.3 Å². The number of pyridine rings is 1. The molecule has 5 heteroatoms. The molecule has 0 amide bonds. The van der Waals surface area contributed by atoms with Crippen LogP contribution < -0.4 is 15.8 Å². The first kappa shape index (κ1) is 13.6. The predicted molar refractivity (Wildman–Crippen MR) is 69.2 cm³/mol. The van der Waals surface area contributed by atoms with E-state index < -0.39 is 0 Å². The fourth-order valence-electron chi connectivity index (χ4n) is 1.60. The first-order chi connectivity index (χ1) is 8.08. The van der Waals surface area contributed by atoms with Gasteiger partial charge in [-0.3, -0.25) is 0 Å². The molecule has 0 saturated carbocycles.